The first kappa shape index (κ1) is 17.8. The zero-order valence-corrected chi connectivity index (χ0v) is 15.2. The second-order valence-corrected chi connectivity index (χ2v) is 6.65. The fourth-order valence-electron chi connectivity index (χ4n) is 3.24. The number of anilines is 1. The third kappa shape index (κ3) is 4.15. The van der Waals surface area contributed by atoms with Gasteiger partial charge in [-0.05, 0) is 55.8 Å². The molecule has 0 N–H and O–H groups in total. The van der Waals surface area contributed by atoms with Crippen molar-refractivity contribution in [3.05, 3.63) is 59.7 Å². The van der Waals surface area contributed by atoms with E-state index in [1.807, 2.05) is 4.90 Å². The molecule has 0 aliphatic carbocycles. The van der Waals surface area contributed by atoms with Crippen molar-refractivity contribution in [2.45, 2.75) is 19.9 Å². The first-order valence-electron chi connectivity index (χ1n) is 8.81. The highest BCUT2D eigenvalue weighted by Crippen LogP contribution is 2.22. The van der Waals surface area contributed by atoms with Gasteiger partial charge in [0.2, 0.25) is 0 Å². The van der Waals surface area contributed by atoms with E-state index in [0.717, 1.165) is 6.54 Å². The van der Waals surface area contributed by atoms with Crippen LogP contribution in [0.4, 0.5) is 5.69 Å². The molecule has 1 fully saturated rings. The first-order valence-corrected chi connectivity index (χ1v) is 8.81. The Morgan fingerprint density at radius 3 is 2.65 bits per heavy atom. The topological polar surface area (TPSA) is 56.6 Å². The Balaban J connectivity index is 1.54. The van der Waals surface area contributed by atoms with E-state index in [4.69, 9.17) is 10.00 Å². The van der Waals surface area contributed by atoms with E-state index in [-0.39, 0.29) is 18.6 Å². The lowest BCUT2D eigenvalue weighted by atomic mass is 10.1. The smallest absolute Gasteiger partial charge is 0.260 e. The number of ether oxygens (including phenoxy) is 1. The molecular weight excluding hydrogens is 326 g/mol. The number of benzene rings is 2. The first-order chi connectivity index (χ1) is 12.6. The number of amides is 1. The predicted octanol–water partition coefficient (Wildman–Crippen LogP) is 2.98. The Morgan fingerprint density at radius 2 is 2.00 bits per heavy atom. The monoisotopic (exact) mass is 349 g/mol. The van der Waals surface area contributed by atoms with Crippen molar-refractivity contribution in [2.24, 2.45) is 0 Å². The van der Waals surface area contributed by atoms with Crippen LogP contribution in [-0.4, -0.2) is 43.1 Å². The molecule has 5 heteroatoms. The van der Waals surface area contributed by atoms with Gasteiger partial charge in [0.1, 0.15) is 5.75 Å². The Hall–Kier alpha value is -3.00. The highest BCUT2D eigenvalue weighted by atomic mass is 16.5. The Kier molecular flexibility index (Phi) is 5.43. The maximum absolute atomic E-state index is 12.5. The van der Waals surface area contributed by atoms with E-state index in [2.05, 4.69) is 49.1 Å². The lowest BCUT2D eigenvalue weighted by Gasteiger charge is -2.41. The van der Waals surface area contributed by atoms with Crippen molar-refractivity contribution in [2.75, 3.05) is 31.1 Å². The van der Waals surface area contributed by atoms with Crippen molar-refractivity contribution in [3.63, 3.8) is 0 Å². The minimum atomic E-state index is -0.00916. The Morgan fingerprint density at radius 1 is 1.23 bits per heavy atom. The van der Waals surface area contributed by atoms with Gasteiger partial charge in [0.25, 0.3) is 5.91 Å². The minimum Gasteiger partial charge on any atom is -0.484 e. The molecule has 5 nitrogen and oxygen atoms in total. The van der Waals surface area contributed by atoms with Crippen LogP contribution < -0.4 is 9.64 Å². The van der Waals surface area contributed by atoms with E-state index < -0.39 is 0 Å². The van der Waals surface area contributed by atoms with Crippen LogP contribution in [0.25, 0.3) is 0 Å². The van der Waals surface area contributed by atoms with Crippen molar-refractivity contribution < 1.29 is 9.53 Å². The van der Waals surface area contributed by atoms with Gasteiger partial charge in [0.15, 0.2) is 6.61 Å². The molecule has 26 heavy (non-hydrogen) atoms. The second-order valence-electron chi connectivity index (χ2n) is 6.65. The number of nitriles is 1. The van der Waals surface area contributed by atoms with Crippen molar-refractivity contribution in [1.29, 1.82) is 5.26 Å². The van der Waals surface area contributed by atoms with Crippen molar-refractivity contribution in [1.82, 2.24) is 4.90 Å². The third-order valence-corrected chi connectivity index (χ3v) is 4.66. The molecule has 2 aromatic rings. The molecule has 0 spiro atoms. The fourth-order valence-corrected chi connectivity index (χ4v) is 3.24. The molecule has 2 aromatic carbocycles. The van der Waals surface area contributed by atoms with Crippen LogP contribution in [0, 0.1) is 18.3 Å². The normalized spacial score (nSPS) is 16.9. The molecule has 0 unspecified atom stereocenters. The second kappa shape index (κ2) is 7.92. The number of carbonyl (C=O) groups excluding carboxylic acids is 1. The zero-order valence-electron chi connectivity index (χ0n) is 15.2. The average molecular weight is 349 g/mol. The van der Waals surface area contributed by atoms with E-state index in [9.17, 15) is 4.79 Å². The van der Waals surface area contributed by atoms with E-state index in [1.54, 1.807) is 24.3 Å². The largest absolute Gasteiger partial charge is 0.484 e. The number of aryl methyl sites for hydroxylation is 1. The number of rotatable bonds is 4. The molecule has 1 heterocycles. The standard InChI is InChI=1S/C21H23N3O2/c1-16-4-3-5-19(12-16)24-11-10-23(14-17(24)2)21(25)15-26-20-8-6-18(13-22)7-9-20/h3-9,12,17H,10-11,14-15H2,1-2H3/t17-/m0/s1. The number of hydrogen-bond donors (Lipinski definition) is 0. The summed E-state index contributed by atoms with van der Waals surface area (Å²) in [6.45, 7) is 6.44. The summed E-state index contributed by atoms with van der Waals surface area (Å²) in [7, 11) is 0. The molecule has 1 saturated heterocycles. The van der Waals surface area contributed by atoms with E-state index in [1.165, 1.54) is 11.3 Å². The number of hydrogen-bond acceptors (Lipinski definition) is 4. The maximum Gasteiger partial charge on any atom is 0.260 e. The summed E-state index contributed by atoms with van der Waals surface area (Å²) in [5.74, 6) is 0.592. The molecule has 134 valence electrons. The van der Waals surface area contributed by atoms with Crippen molar-refractivity contribution in [3.8, 4) is 11.8 Å². The predicted molar refractivity (Wildman–Crippen MR) is 101 cm³/mol. The molecule has 0 bridgehead atoms. The molecule has 0 saturated carbocycles. The molecule has 3 rings (SSSR count). The minimum absolute atomic E-state index is 0.00916. The van der Waals surface area contributed by atoms with Crippen LogP contribution in [-0.2, 0) is 4.79 Å². The Labute approximate surface area is 154 Å². The molecule has 1 amide bonds. The quantitative estimate of drug-likeness (QED) is 0.851. The zero-order chi connectivity index (χ0) is 18.5. The SMILES string of the molecule is Cc1cccc(N2CCN(C(=O)COc3ccc(C#N)cc3)C[C@@H]2C)c1. The van der Waals surface area contributed by atoms with Gasteiger partial charge in [0, 0.05) is 31.4 Å². The van der Waals surface area contributed by atoms with Crippen LogP contribution >= 0.6 is 0 Å². The summed E-state index contributed by atoms with van der Waals surface area (Å²) in [4.78, 5) is 16.7. The van der Waals surface area contributed by atoms with Crippen LogP contribution in [0.2, 0.25) is 0 Å². The van der Waals surface area contributed by atoms with Gasteiger partial charge in [-0.3, -0.25) is 4.79 Å². The summed E-state index contributed by atoms with van der Waals surface area (Å²) >= 11 is 0. The lowest BCUT2D eigenvalue weighted by Crippen LogP contribution is -2.54. The number of piperazine rings is 1. The van der Waals surface area contributed by atoms with Gasteiger partial charge in [-0.1, -0.05) is 12.1 Å². The average Bonchev–Trinajstić information content (AvgIpc) is 2.66. The van der Waals surface area contributed by atoms with Gasteiger partial charge in [0.05, 0.1) is 11.6 Å². The highest BCUT2D eigenvalue weighted by molar-refractivity contribution is 5.78. The lowest BCUT2D eigenvalue weighted by molar-refractivity contribution is -0.134. The summed E-state index contributed by atoms with van der Waals surface area (Å²) < 4.78 is 5.57. The molecular formula is C21H23N3O2. The van der Waals surface area contributed by atoms with Gasteiger partial charge in [-0.25, -0.2) is 0 Å². The summed E-state index contributed by atoms with van der Waals surface area (Å²) in [5, 5.41) is 8.80. The highest BCUT2D eigenvalue weighted by Gasteiger charge is 2.27. The van der Waals surface area contributed by atoms with Crippen molar-refractivity contribution >= 4 is 11.6 Å². The summed E-state index contributed by atoms with van der Waals surface area (Å²) in [6, 6.07) is 17.6. The number of carbonyl (C=O) groups is 1. The van der Waals surface area contributed by atoms with Gasteiger partial charge >= 0.3 is 0 Å². The van der Waals surface area contributed by atoms with Gasteiger partial charge in [-0.2, -0.15) is 5.26 Å². The fraction of sp³-hybridized carbons (Fsp3) is 0.333. The molecule has 0 radical (unpaired) electrons. The van der Waals surface area contributed by atoms with E-state index >= 15 is 0 Å². The van der Waals surface area contributed by atoms with Gasteiger partial charge < -0.3 is 14.5 Å². The van der Waals surface area contributed by atoms with Crippen LogP contribution in [0.5, 0.6) is 5.75 Å². The Bertz CT molecular complexity index is 811. The third-order valence-electron chi connectivity index (χ3n) is 4.66. The molecule has 1 aliphatic rings. The number of nitrogens with zero attached hydrogens (tertiary/aromatic N) is 3. The summed E-state index contributed by atoms with van der Waals surface area (Å²) in [5.41, 5.74) is 3.02. The molecule has 0 aromatic heterocycles. The summed E-state index contributed by atoms with van der Waals surface area (Å²) in [6.07, 6.45) is 0. The van der Waals surface area contributed by atoms with Crippen LogP contribution in [0.1, 0.15) is 18.1 Å². The molecule has 1 atom stereocenters. The van der Waals surface area contributed by atoms with Gasteiger partial charge in [-0.15, -0.1) is 0 Å². The maximum atomic E-state index is 12.5. The van der Waals surface area contributed by atoms with Crippen LogP contribution in [0.3, 0.4) is 0 Å². The van der Waals surface area contributed by atoms with E-state index in [0.29, 0.717) is 24.4 Å². The molecule has 1 aliphatic heterocycles. The van der Waals surface area contributed by atoms with Crippen LogP contribution in [0.15, 0.2) is 48.5 Å².